The first kappa shape index (κ1) is 25.7. The number of amides is 1. The topological polar surface area (TPSA) is 75.2 Å². The van der Waals surface area contributed by atoms with E-state index in [2.05, 4.69) is 22.5 Å². The fourth-order valence-electron chi connectivity index (χ4n) is 3.00. The third-order valence-electron chi connectivity index (χ3n) is 5.22. The molecule has 2 fully saturated rings. The van der Waals surface area contributed by atoms with Crippen molar-refractivity contribution in [2.24, 2.45) is 10.9 Å². The lowest BCUT2D eigenvalue weighted by Gasteiger charge is -2.22. The molecule has 0 spiro atoms. The Morgan fingerprint density at radius 2 is 1.94 bits per heavy atom. The molecule has 174 valence electrons. The average Bonchev–Trinajstić information content (AvgIpc) is 3.66. The monoisotopic (exact) mass is 544 g/mol. The van der Waals surface area contributed by atoms with Crippen molar-refractivity contribution in [2.45, 2.75) is 45.1 Å². The molecule has 1 aromatic carbocycles. The van der Waals surface area contributed by atoms with E-state index in [0.717, 1.165) is 57.4 Å². The summed E-state index contributed by atoms with van der Waals surface area (Å²) in [4.78, 5) is 18.6. The van der Waals surface area contributed by atoms with Gasteiger partial charge in [0.25, 0.3) is 5.91 Å². The van der Waals surface area contributed by atoms with E-state index < -0.39 is 0 Å². The van der Waals surface area contributed by atoms with Crippen LogP contribution in [0, 0.1) is 5.92 Å². The number of hydrogen-bond acceptors (Lipinski definition) is 4. The highest BCUT2D eigenvalue weighted by Gasteiger charge is 2.23. The smallest absolute Gasteiger partial charge is 0.258 e. The molecule has 2 aliphatic carbocycles. The minimum atomic E-state index is -0.0473. The average molecular weight is 544 g/mol. The van der Waals surface area contributed by atoms with Gasteiger partial charge in [0.2, 0.25) is 0 Å². The van der Waals surface area contributed by atoms with Crippen molar-refractivity contribution in [3.63, 3.8) is 0 Å². The summed E-state index contributed by atoms with van der Waals surface area (Å²) >= 11 is 0. The Kier molecular flexibility index (Phi) is 11.4. The van der Waals surface area contributed by atoms with Crippen LogP contribution in [0.3, 0.4) is 0 Å². The first-order chi connectivity index (χ1) is 14.6. The van der Waals surface area contributed by atoms with Crippen LogP contribution in [-0.2, 0) is 16.0 Å². The lowest BCUT2D eigenvalue weighted by atomic mass is 10.1. The highest BCUT2D eigenvalue weighted by Crippen LogP contribution is 2.28. The fraction of sp³-hybridized carbons (Fsp3) is 0.652. The molecule has 0 atom stereocenters. The van der Waals surface area contributed by atoms with E-state index >= 15 is 0 Å². The van der Waals surface area contributed by atoms with Gasteiger partial charge in [-0.2, -0.15) is 0 Å². The maximum Gasteiger partial charge on any atom is 0.258 e. The Labute approximate surface area is 203 Å². The number of aliphatic imine (C=N–C) groups is 1. The van der Waals surface area contributed by atoms with E-state index in [0.29, 0.717) is 18.3 Å². The second-order valence-electron chi connectivity index (χ2n) is 8.20. The first-order valence-corrected chi connectivity index (χ1v) is 11.2. The van der Waals surface area contributed by atoms with Gasteiger partial charge >= 0.3 is 0 Å². The second kappa shape index (κ2) is 13.8. The summed E-state index contributed by atoms with van der Waals surface area (Å²) in [6.07, 6.45) is 5.67. The van der Waals surface area contributed by atoms with Gasteiger partial charge in [0.1, 0.15) is 5.75 Å². The Balaban J connectivity index is 0.00000341. The molecular weight excluding hydrogens is 507 g/mol. The molecule has 0 radical (unpaired) electrons. The third kappa shape index (κ3) is 10.5. The molecule has 2 saturated carbocycles. The van der Waals surface area contributed by atoms with E-state index in [4.69, 9.17) is 14.5 Å². The highest BCUT2D eigenvalue weighted by atomic mass is 127. The van der Waals surface area contributed by atoms with Crippen molar-refractivity contribution >= 4 is 35.8 Å². The van der Waals surface area contributed by atoms with Crippen molar-refractivity contribution in [1.82, 2.24) is 15.5 Å². The molecule has 0 heterocycles. The number of halogens is 1. The number of benzene rings is 1. The Hall–Kier alpha value is -1.55. The van der Waals surface area contributed by atoms with Crippen molar-refractivity contribution in [3.05, 3.63) is 29.8 Å². The summed E-state index contributed by atoms with van der Waals surface area (Å²) in [5, 5.41) is 6.27. The van der Waals surface area contributed by atoms with Crippen molar-refractivity contribution in [1.29, 1.82) is 0 Å². The lowest BCUT2D eigenvalue weighted by Crippen LogP contribution is -2.40. The standard InChI is InChI=1S/C23H36N4O3.HI/c1-3-24-23(27(2)14-15-29-16-19-4-5-19)25-13-12-18-6-10-21(11-7-18)30-17-22(28)26-20-8-9-20;/h6-7,10-11,19-20H,3-5,8-9,12-17H2,1-2H3,(H,24,25)(H,26,28);1H. The van der Waals surface area contributed by atoms with Crippen LogP contribution < -0.4 is 15.4 Å². The van der Waals surface area contributed by atoms with Gasteiger partial charge in [-0.05, 0) is 62.6 Å². The van der Waals surface area contributed by atoms with E-state index in [-0.39, 0.29) is 36.5 Å². The van der Waals surface area contributed by atoms with E-state index in [9.17, 15) is 4.79 Å². The van der Waals surface area contributed by atoms with Crippen molar-refractivity contribution in [2.75, 3.05) is 46.5 Å². The van der Waals surface area contributed by atoms with Crippen LogP contribution in [-0.4, -0.2) is 69.3 Å². The quantitative estimate of drug-likeness (QED) is 0.173. The second-order valence-corrected chi connectivity index (χ2v) is 8.20. The number of carbonyl (C=O) groups is 1. The summed E-state index contributed by atoms with van der Waals surface area (Å²) in [6, 6.07) is 8.26. The maximum absolute atomic E-state index is 11.7. The molecule has 7 nitrogen and oxygen atoms in total. The van der Waals surface area contributed by atoms with Gasteiger partial charge in [0, 0.05) is 39.3 Å². The minimum absolute atomic E-state index is 0. The van der Waals surface area contributed by atoms with Crippen LogP contribution >= 0.6 is 24.0 Å². The maximum atomic E-state index is 11.7. The first-order valence-electron chi connectivity index (χ1n) is 11.2. The predicted molar refractivity (Wildman–Crippen MR) is 134 cm³/mol. The number of guanidine groups is 1. The van der Waals surface area contributed by atoms with Crippen molar-refractivity contribution in [3.8, 4) is 5.75 Å². The Morgan fingerprint density at radius 1 is 1.19 bits per heavy atom. The number of carbonyl (C=O) groups excluding carboxylic acids is 1. The highest BCUT2D eigenvalue weighted by molar-refractivity contribution is 14.0. The molecule has 2 aliphatic rings. The van der Waals surface area contributed by atoms with Crippen molar-refractivity contribution < 1.29 is 14.3 Å². The normalized spacial score (nSPS) is 15.7. The van der Waals surface area contributed by atoms with Gasteiger partial charge in [-0.1, -0.05) is 12.1 Å². The number of nitrogens with one attached hydrogen (secondary N) is 2. The molecule has 1 aromatic rings. The number of hydrogen-bond donors (Lipinski definition) is 2. The number of nitrogens with zero attached hydrogens (tertiary/aromatic N) is 2. The third-order valence-corrected chi connectivity index (χ3v) is 5.22. The minimum Gasteiger partial charge on any atom is -0.484 e. The van der Waals surface area contributed by atoms with Crippen LogP contribution in [0.2, 0.25) is 0 Å². The molecule has 31 heavy (non-hydrogen) atoms. The van der Waals surface area contributed by atoms with Crippen LogP contribution in [0.25, 0.3) is 0 Å². The van der Waals surface area contributed by atoms with E-state index in [1.807, 2.05) is 31.3 Å². The van der Waals surface area contributed by atoms with E-state index in [1.54, 1.807) is 0 Å². The molecule has 0 bridgehead atoms. The number of ether oxygens (including phenoxy) is 2. The summed E-state index contributed by atoms with van der Waals surface area (Å²) in [6.45, 7) is 6.16. The molecule has 0 aliphatic heterocycles. The van der Waals surface area contributed by atoms with Crippen LogP contribution in [0.4, 0.5) is 0 Å². The molecular formula is C23H37IN4O3. The predicted octanol–water partition coefficient (Wildman–Crippen LogP) is 2.83. The zero-order valence-electron chi connectivity index (χ0n) is 18.8. The zero-order valence-corrected chi connectivity index (χ0v) is 21.1. The molecule has 3 rings (SSSR count). The Bertz CT molecular complexity index is 691. The summed E-state index contributed by atoms with van der Waals surface area (Å²) in [5.74, 6) is 2.38. The summed E-state index contributed by atoms with van der Waals surface area (Å²) < 4.78 is 11.3. The number of likely N-dealkylation sites (N-methyl/N-ethyl adjacent to an activating group) is 1. The van der Waals surface area contributed by atoms with Gasteiger partial charge in [0.15, 0.2) is 12.6 Å². The zero-order chi connectivity index (χ0) is 21.2. The lowest BCUT2D eigenvalue weighted by molar-refractivity contribution is -0.123. The molecule has 8 heteroatoms. The molecule has 0 unspecified atom stereocenters. The van der Waals surface area contributed by atoms with E-state index in [1.165, 1.54) is 18.4 Å². The van der Waals surface area contributed by atoms with Crippen LogP contribution in [0.1, 0.15) is 38.2 Å². The Morgan fingerprint density at radius 3 is 2.58 bits per heavy atom. The largest absolute Gasteiger partial charge is 0.484 e. The SMILES string of the molecule is CCNC(=NCCc1ccc(OCC(=O)NC2CC2)cc1)N(C)CCOCC1CC1.I. The van der Waals surface area contributed by atoms with Gasteiger partial charge in [-0.25, -0.2) is 0 Å². The van der Waals surface area contributed by atoms with Gasteiger partial charge in [-0.15, -0.1) is 24.0 Å². The number of rotatable bonds is 13. The fourth-order valence-corrected chi connectivity index (χ4v) is 3.00. The van der Waals surface area contributed by atoms with Crippen LogP contribution in [0.15, 0.2) is 29.3 Å². The molecule has 0 aromatic heterocycles. The van der Waals surface area contributed by atoms with Gasteiger partial charge in [0.05, 0.1) is 6.61 Å². The molecule has 1 amide bonds. The molecule has 2 N–H and O–H groups in total. The molecule has 0 saturated heterocycles. The van der Waals surface area contributed by atoms with Gasteiger partial charge in [-0.3, -0.25) is 9.79 Å². The summed E-state index contributed by atoms with van der Waals surface area (Å²) in [7, 11) is 2.05. The summed E-state index contributed by atoms with van der Waals surface area (Å²) in [5.41, 5.74) is 1.19. The van der Waals surface area contributed by atoms with Crippen LogP contribution in [0.5, 0.6) is 5.75 Å². The van der Waals surface area contributed by atoms with Gasteiger partial charge < -0.3 is 25.0 Å².